The van der Waals surface area contributed by atoms with Gasteiger partial charge in [0.2, 0.25) is 0 Å². The van der Waals surface area contributed by atoms with Gasteiger partial charge >= 0.3 is 0 Å². The number of ether oxygens (including phenoxy) is 1. The number of aromatic nitrogens is 4. The number of benzene rings is 2. The van der Waals surface area contributed by atoms with Gasteiger partial charge in [0.1, 0.15) is 0 Å². The molecule has 41 heavy (non-hydrogen) atoms. The van der Waals surface area contributed by atoms with E-state index in [1.165, 1.54) is 4.90 Å². The van der Waals surface area contributed by atoms with E-state index >= 15 is 0 Å². The summed E-state index contributed by atoms with van der Waals surface area (Å²) in [4.78, 5) is 36.3. The highest BCUT2D eigenvalue weighted by molar-refractivity contribution is 7.07. The second kappa shape index (κ2) is 10.9. The topological polar surface area (TPSA) is 113 Å². The number of aryl methyl sites for hydroxylation is 1. The zero-order valence-electron chi connectivity index (χ0n) is 23.1. The van der Waals surface area contributed by atoms with Crippen LogP contribution in [0, 0.1) is 6.92 Å². The summed E-state index contributed by atoms with van der Waals surface area (Å²) in [6.45, 7) is 2.86. The van der Waals surface area contributed by atoms with Crippen LogP contribution < -0.4 is 5.32 Å². The van der Waals surface area contributed by atoms with Gasteiger partial charge in [-0.05, 0) is 66.8 Å². The third kappa shape index (κ3) is 5.48. The van der Waals surface area contributed by atoms with E-state index in [0.29, 0.717) is 24.5 Å². The minimum absolute atomic E-state index is 0.113. The fourth-order valence-corrected chi connectivity index (χ4v) is 5.61. The van der Waals surface area contributed by atoms with Crippen molar-refractivity contribution in [3.63, 3.8) is 0 Å². The zero-order valence-corrected chi connectivity index (χ0v) is 23.9. The van der Waals surface area contributed by atoms with E-state index in [0.717, 1.165) is 57.4 Å². The number of aromatic amines is 1. The van der Waals surface area contributed by atoms with Crippen LogP contribution in [0.15, 0.2) is 65.6 Å². The lowest BCUT2D eigenvalue weighted by Crippen LogP contribution is -2.35. The average molecular weight is 567 g/mol. The molecule has 1 aliphatic rings. The standard InChI is InChI=1S/C31H30N6O3S/c1-19-11-20(15-40-16-22-17-41-18-33-22)6-7-23(19)29(38)34-31(8-9-31)25-12-21(13-27-24(25)5-4-10-32-27)26-14-28(36-35-26)30(39)37(2)3/h4-7,10-14,17-18H,8-9,15-16H2,1-3H3,(H,34,38)(H,35,36). The van der Waals surface area contributed by atoms with Crippen molar-refractivity contribution in [2.24, 2.45) is 0 Å². The molecule has 3 aromatic heterocycles. The number of hydrogen-bond acceptors (Lipinski definition) is 7. The molecule has 2 aromatic carbocycles. The number of H-pyrrole nitrogens is 1. The van der Waals surface area contributed by atoms with Gasteiger partial charge in [-0.3, -0.25) is 19.7 Å². The Bertz CT molecular complexity index is 1740. The molecule has 208 valence electrons. The highest BCUT2D eigenvalue weighted by atomic mass is 32.1. The van der Waals surface area contributed by atoms with Gasteiger partial charge in [-0.25, -0.2) is 4.98 Å². The van der Waals surface area contributed by atoms with Gasteiger partial charge in [-0.2, -0.15) is 5.10 Å². The molecule has 1 aliphatic carbocycles. The van der Waals surface area contributed by atoms with Crippen LogP contribution in [0.5, 0.6) is 0 Å². The van der Waals surface area contributed by atoms with Crippen LogP contribution in [-0.4, -0.2) is 51.0 Å². The summed E-state index contributed by atoms with van der Waals surface area (Å²) < 4.78 is 5.79. The van der Waals surface area contributed by atoms with E-state index in [2.05, 4.69) is 31.5 Å². The van der Waals surface area contributed by atoms with Crippen LogP contribution in [0.2, 0.25) is 0 Å². The molecule has 6 rings (SSSR count). The minimum Gasteiger partial charge on any atom is -0.370 e. The summed E-state index contributed by atoms with van der Waals surface area (Å²) in [7, 11) is 3.39. The second-order valence-electron chi connectivity index (χ2n) is 10.6. The quantitative estimate of drug-likeness (QED) is 0.253. The van der Waals surface area contributed by atoms with Gasteiger partial charge in [0.25, 0.3) is 11.8 Å². The molecular formula is C31H30N6O3S. The Morgan fingerprint density at radius 2 is 1.95 bits per heavy atom. The largest absolute Gasteiger partial charge is 0.370 e. The van der Waals surface area contributed by atoms with E-state index in [1.807, 2.05) is 48.7 Å². The molecule has 2 N–H and O–H groups in total. The summed E-state index contributed by atoms with van der Waals surface area (Å²) in [6.07, 6.45) is 3.40. The maximum Gasteiger partial charge on any atom is 0.273 e. The molecule has 0 bridgehead atoms. The summed E-state index contributed by atoms with van der Waals surface area (Å²) in [5.74, 6) is -0.289. The molecule has 1 saturated carbocycles. The zero-order chi connectivity index (χ0) is 28.6. The monoisotopic (exact) mass is 566 g/mol. The van der Waals surface area contributed by atoms with Gasteiger partial charge in [-0.1, -0.05) is 18.2 Å². The summed E-state index contributed by atoms with van der Waals surface area (Å²) in [6, 6.07) is 15.6. The molecule has 0 aliphatic heterocycles. The molecule has 9 nitrogen and oxygen atoms in total. The molecule has 0 unspecified atom stereocenters. The smallest absolute Gasteiger partial charge is 0.273 e. The first-order chi connectivity index (χ1) is 19.8. The maximum atomic E-state index is 13.6. The first-order valence-electron chi connectivity index (χ1n) is 13.4. The van der Waals surface area contributed by atoms with Crippen molar-refractivity contribution in [3.8, 4) is 11.3 Å². The Balaban J connectivity index is 1.25. The molecule has 2 amide bonds. The van der Waals surface area contributed by atoms with Crippen molar-refractivity contribution in [3.05, 3.63) is 99.3 Å². The number of fused-ring (bicyclic) bond motifs is 1. The van der Waals surface area contributed by atoms with E-state index in [1.54, 1.807) is 43.2 Å². The van der Waals surface area contributed by atoms with Gasteiger partial charge in [-0.15, -0.1) is 11.3 Å². The lowest BCUT2D eigenvalue weighted by atomic mass is 9.94. The molecule has 0 saturated heterocycles. The number of carbonyl (C=O) groups is 2. The molecule has 0 spiro atoms. The number of hydrogen-bond donors (Lipinski definition) is 2. The predicted molar refractivity (Wildman–Crippen MR) is 158 cm³/mol. The van der Waals surface area contributed by atoms with Crippen molar-refractivity contribution >= 4 is 34.1 Å². The minimum atomic E-state index is -0.502. The first kappa shape index (κ1) is 26.8. The van der Waals surface area contributed by atoms with Crippen molar-refractivity contribution in [2.45, 2.75) is 38.5 Å². The molecule has 0 radical (unpaired) electrons. The number of pyridine rings is 1. The third-order valence-corrected chi connectivity index (χ3v) is 8.03. The van der Waals surface area contributed by atoms with E-state index in [9.17, 15) is 9.59 Å². The highest BCUT2D eigenvalue weighted by Crippen LogP contribution is 2.49. The Labute approximate surface area is 241 Å². The van der Waals surface area contributed by atoms with Crippen LogP contribution >= 0.6 is 11.3 Å². The van der Waals surface area contributed by atoms with Gasteiger partial charge < -0.3 is 15.0 Å². The van der Waals surface area contributed by atoms with Crippen molar-refractivity contribution in [1.29, 1.82) is 0 Å². The molecule has 5 aromatic rings. The fraction of sp³-hybridized carbons (Fsp3) is 0.258. The van der Waals surface area contributed by atoms with Crippen LogP contribution in [0.1, 0.15) is 56.1 Å². The SMILES string of the molecule is Cc1cc(COCc2cscn2)ccc1C(=O)NC1(c2cc(-c3cc(C(=O)N(C)C)n[nH]3)cc3ncccc23)CC1. The third-order valence-electron chi connectivity index (χ3n) is 7.39. The van der Waals surface area contributed by atoms with Crippen LogP contribution in [-0.2, 0) is 23.5 Å². The normalized spacial score (nSPS) is 13.7. The summed E-state index contributed by atoms with van der Waals surface area (Å²) in [5.41, 5.74) is 8.48. The lowest BCUT2D eigenvalue weighted by Gasteiger charge is -2.22. The number of rotatable bonds is 9. The van der Waals surface area contributed by atoms with Crippen LogP contribution in [0.25, 0.3) is 22.2 Å². The molecule has 10 heteroatoms. The first-order valence-corrected chi connectivity index (χ1v) is 14.3. The van der Waals surface area contributed by atoms with E-state index < -0.39 is 5.54 Å². The van der Waals surface area contributed by atoms with E-state index in [-0.39, 0.29) is 11.8 Å². The summed E-state index contributed by atoms with van der Waals surface area (Å²) >= 11 is 1.55. The van der Waals surface area contributed by atoms with Gasteiger partial charge in [0.15, 0.2) is 5.69 Å². The lowest BCUT2D eigenvalue weighted by molar-refractivity contribution is 0.0821. The Morgan fingerprint density at radius 3 is 2.68 bits per heavy atom. The van der Waals surface area contributed by atoms with E-state index in [4.69, 9.17) is 4.74 Å². The van der Waals surface area contributed by atoms with Crippen molar-refractivity contribution in [2.75, 3.05) is 14.1 Å². The number of carbonyl (C=O) groups excluding carboxylic acids is 2. The van der Waals surface area contributed by atoms with Crippen molar-refractivity contribution in [1.82, 2.24) is 30.4 Å². The number of thiazole rings is 1. The van der Waals surface area contributed by atoms with Gasteiger partial charge in [0.05, 0.1) is 41.2 Å². The van der Waals surface area contributed by atoms with Gasteiger partial charge in [0, 0.05) is 42.2 Å². The number of amides is 2. The Morgan fingerprint density at radius 1 is 1.10 bits per heavy atom. The van der Waals surface area contributed by atoms with Crippen LogP contribution in [0.3, 0.4) is 0 Å². The Kier molecular flexibility index (Phi) is 7.10. The highest BCUT2D eigenvalue weighted by Gasteiger charge is 2.47. The Hall–Kier alpha value is -4.41. The number of nitrogens with one attached hydrogen (secondary N) is 2. The molecule has 3 heterocycles. The molecular weight excluding hydrogens is 536 g/mol. The molecule has 0 atom stereocenters. The predicted octanol–water partition coefficient (Wildman–Crippen LogP) is 5.23. The maximum absolute atomic E-state index is 13.6. The average Bonchev–Trinajstić information content (AvgIpc) is 3.33. The van der Waals surface area contributed by atoms with Crippen LogP contribution in [0.4, 0.5) is 0 Å². The summed E-state index contributed by atoms with van der Waals surface area (Å²) in [5, 5.41) is 13.5. The molecule has 1 fully saturated rings. The fourth-order valence-electron chi connectivity index (χ4n) is 5.07. The number of nitrogens with zero attached hydrogens (tertiary/aromatic N) is 4. The van der Waals surface area contributed by atoms with Crippen molar-refractivity contribution < 1.29 is 14.3 Å². The second-order valence-corrected chi connectivity index (χ2v) is 11.3.